The zero-order chi connectivity index (χ0) is 12.5. The van der Waals surface area contributed by atoms with Gasteiger partial charge in [0, 0.05) is 0 Å². The quantitative estimate of drug-likeness (QED) is 0.851. The second-order valence-electron chi connectivity index (χ2n) is 5.93. The fraction of sp³-hybridized carbons (Fsp3) is 0.600. The van der Waals surface area contributed by atoms with Crippen LogP contribution in [0.1, 0.15) is 45.6 Å². The van der Waals surface area contributed by atoms with Gasteiger partial charge in [0.1, 0.15) is 11.9 Å². The number of benzene rings is 1. The number of aliphatic hydroxyl groups is 1. The second-order valence-corrected chi connectivity index (χ2v) is 5.93. The van der Waals surface area contributed by atoms with Crippen LogP contribution in [0.3, 0.4) is 0 Å². The fourth-order valence-electron chi connectivity index (χ4n) is 2.25. The molecule has 17 heavy (non-hydrogen) atoms. The van der Waals surface area contributed by atoms with Gasteiger partial charge in [0.05, 0.1) is 6.10 Å². The van der Waals surface area contributed by atoms with Gasteiger partial charge in [0.2, 0.25) is 0 Å². The molecular formula is C15H22O2. The third-order valence-corrected chi connectivity index (χ3v) is 3.43. The van der Waals surface area contributed by atoms with Crippen LogP contribution in [0.15, 0.2) is 24.3 Å². The lowest BCUT2D eigenvalue weighted by Crippen LogP contribution is -2.25. The summed E-state index contributed by atoms with van der Waals surface area (Å²) in [5.74, 6) is 0.865. The van der Waals surface area contributed by atoms with E-state index in [2.05, 4.69) is 32.9 Å². The van der Waals surface area contributed by atoms with Crippen molar-refractivity contribution in [3.8, 4) is 5.75 Å². The van der Waals surface area contributed by atoms with Gasteiger partial charge in [0.25, 0.3) is 0 Å². The highest BCUT2D eigenvalue weighted by molar-refractivity contribution is 5.31. The number of hydrogen-bond donors (Lipinski definition) is 1. The average Bonchev–Trinajstić information content (AvgIpc) is 2.64. The van der Waals surface area contributed by atoms with Crippen molar-refractivity contribution in [2.45, 2.75) is 57.7 Å². The van der Waals surface area contributed by atoms with E-state index in [1.165, 1.54) is 5.56 Å². The summed E-state index contributed by atoms with van der Waals surface area (Å²) in [4.78, 5) is 0. The first-order valence-electron chi connectivity index (χ1n) is 6.42. The van der Waals surface area contributed by atoms with Gasteiger partial charge >= 0.3 is 0 Å². The van der Waals surface area contributed by atoms with Crippen molar-refractivity contribution in [1.82, 2.24) is 0 Å². The van der Waals surface area contributed by atoms with Gasteiger partial charge in [-0.2, -0.15) is 0 Å². The summed E-state index contributed by atoms with van der Waals surface area (Å²) in [5, 5.41) is 9.71. The van der Waals surface area contributed by atoms with E-state index < -0.39 is 0 Å². The van der Waals surface area contributed by atoms with Gasteiger partial charge in [-0.15, -0.1) is 0 Å². The summed E-state index contributed by atoms with van der Waals surface area (Å²) in [6.07, 6.45) is 2.58. The van der Waals surface area contributed by atoms with Gasteiger partial charge in [0.15, 0.2) is 0 Å². The Morgan fingerprint density at radius 1 is 1.12 bits per heavy atom. The van der Waals surface area contributed by atoms with Crippen molar-refractivity contribution in [2.24, 2.45) is 0 Å². The third kappa shape index (κ3) is 3.01. The zero-order valence-electron chi connectivity index (χ0n) is 10.9. The highest BCUT2D eigenvalue weighted by Gasteiger charge is 2.26. The van der Waals surface area contributed by atoms with Crippen molar-refractivity contribution < 1.29 is 9.84 Å². The zero-order valence-corrected chi connectivity index (χ0v) is 10.9. The Kier molecular flexibility index (Phi) is 3.43. The van der Waals surface area contributed by atoms with Gasteiger partial charge in [-0.3, -0.25) is 0 Å². The van der Waals surface area contributed by atoms with E-state index in [1.807, 2.05) is 12.1 Å². The molecule has 1 N–H and O–H groups in total. The summed E-state index contributed by atoms with van der Waals surface area (Å²) in [6, 6.07) is 8.23. The fourth-order valence-corrected chi connectivity index (χ4v) is 2.25. The molecule has 0 heterocycles. The highest BCUT2D eigenvalue weighted by atomic mass is 16.5. The van der Waals surface area contributed by atoms with Crippen LogP contribution >= 0.6 is 0 Å². The average molecular weight is 234 g/mol. The van der Waals surface area contributed by atoms with Crippen LogP contribution in [0.2, 0.25) is 0 Å². The molecule has 0 spiro atoms. The van der Waals surface area contributed by atoms with E-state index >= 15 is 0 Å². The van der Waals surface area contributed by atoms with Gasteiger partial charge in [-0.05, 0) is 42.4 Å². The summed E-state index contributed by atoms with van der Waals surface area (Å²) in [5.41, 5.74) is 1.47. The molecule has 1 aliphatic rings. The Morgan fingerprint density at radius 3 is 2.24 bits per heavy atom. The molecule has 0 unspecified atom stereocenters. The van der Waals surface area contributed by atoms with Gasteiger partial charge < -0.3 is 9.84 Å². The molecule has 94 valence electrons. The molecular weight excluding hydrogens is 212 g/mol. The Labute approximate surface area is 104 Å². The Balaban J connectivity index is 2.03. The molecule has 0 amide bonds. The first kappa shape index (κ1) is 12.4. The SMILES string of the molecule is CC(C)(C)c1ccc(O[C@@H]2CCC[C@H]2O)cc1. The van der Waals surface area contributed by atoms with Crippen LogP contribution in [-0.4, -0.2) is 17.3 Å². The molecule has 1 fully saturated rings. The van der Waals surface area contributed by atoms with Crippen molar-refractivity contribution in [2.75, 3.05) is 0 Å². The van der Waals surface area contributed by atoms with Gasteiger partial charge in [-0.25, -0.2) is 0 Å². The van der Waals surface area contributed by atoms with E-state index in [1.54, 1.807) is 0 Å². The molecule has 1 aromatic rings. The molecule has 0 aromatic heterocycles. The summed E-state index contributed by atoms with van der Waals surface area (Å²) in [6.45, 7) is 6.59. The van der Waals surface area contributed by atoms with Crippen molar-refractivity contribution in [1.29, 1.82) is 0 Å². The molecule has 2 nitrogen and oxygen atoms in total. The van der Waals surface area contributed by atoms with Crippen molar-refractivity contribution >= 4 is 0 Å². The Morgan fingerprint density at radius 2 is 1.76 bits per heavy atom. The van der Waals surface area contributed by atoms with Crippen LogP contribution in [-0.2, 0) is 5.41 Å². The van der Waals surface area contributed by atoms with Crippen molar-refractivity contribution in [3.63, 3.8) is 0 Å². The molecule has 0 radical (unpaired) electrons. The first-order chi connectivity index (χ1) is 7.97. The lowest BCUT2D eigenvalue weighted by Gasteiger charge is -2.21. The van der Waals surface area contributed by atoms with E-state index in [-0.39, 0.29) is 17.6 Å². The number of aliphatic hydroxyl groups excluding tert-OH is 1. The Hall–Kier alpha value is -1.02. The maximum absolute atomic E-state index is 9.71. The molecule has 2 heteroatoms. The number of ether oxygens (including phenoxy) is 1. The van der Waals surface area contributed by atoms with E-state index in [9.17, 15) is 5.11 Å². The molecule has 2 rings (SSSR count). The second kappa shape index (κ2) is 4.69. The van der Waals surface area contributed by atoms with E-state index in [4.69, 9.17) is 4.74 Å². The highest BCUT2D eigenvalue weighted by Crippen LogP contribution is 2.27. The first-order valence-corrected chi connectivity index (χ1v) is 6.42. The van der Waals surface area contributed by atoms with E-state index in [0.29, 0.717) is 0 Å². The minimum absolute atomic E-state index is 0.0181. The maximum atomic E-state index is 9.71. The standard InChI is InChI=1S/C15H22O2/c1-15(2,3)11-7-9-12(10-8-11)17-14-6-4-5-13(14)16/h7-10,13-14,16H,4-6H2,1-3H3/t13-,14-/m1/s1. The summed E-state index contributed by atoms with van der Waals surface area (Å²) >= 11 is 0. The van der Waals surface area contributed by atoms with Crippen molar-refractivity contribution in [3.05, 3.63) is 29.8 Å². The number of hydrogen-bond acceptors (Lipinski definition) is 2. The minimum Gasteiger partial charge on any atom is -0.488 e. The summed E-state index contributed by atoms with van der Waals surface area (Å²) in [7, 11) is 0. The molecule has 1 saturated carbocycles. The molecule has 0 saturated heterocycles. The van der Waals surface area contributed by atoms with Crippen LogP contribution in [0.4, 0.5) is 0 Å². The molecule has 0 aliphatic heterocycles. The normalized spacial score (nSPS) is 24.9. The molecule has 2 atom stereocenters. The lowest BCUT2D eigenvalue weighted by atomic mass is 9.87. The van der Waals surface area contributed by atoms with Crippen LogP contribution in [0, 0.1) is 0 Å². The van der Waals surface area contributed by atoms with Gasteiger partial charge in [-0.1, -0.05) is 32.9 Å². The molecule has 0 bridgehead atoms. The lowest BCUT2D eigenvalue weighted by molar-refractivity contribution is 0.0604. The predicted molar refractivity (Wildman–Crippen MR) is 69.4 cm³/mol. The predicted octanol–water partition coefficient (Wildman–Crippen LogP) is 3.28. The monoisotopic (exact) mass is 234 g/mol. The molecule has 1 aromatic carbocycles. The third-order valence-electron chi connectivity index (χ3n) is 3.43. The number of rotatable bonds is 2. The smallest absolute Gasteiger partial charge is 0.124 e. The molecule has 1 aliphatic carbocycles. The minimum atomic E-state index is -0.294. The maximum Gasteiger partial charge on any atom is 0.124 e. The Bertz CT molecular complexity index is 362. The van der Waals surface area contributed by atoms with Crippen LogP contribution in [0.25, 0.3) is 0 Å². The van der Waals surface area contributed by atoms with Crippen LogP contribution < -0.4 is 4.74 Å². The van der Waals surface area contributed by atoms with Crippen LogP contribution in [0.5, 0.6) is 5.75 Å². The largest absolute Gasteiger partial charge is 0.488 e. The van der Waals surface area contributed by atoms with E-state index in [0.717, 1.165) is 25.0 Å². The summed E-state index contributed by atoms with van der Waals surface area (Å²) < 4.78 is 5.81. The topological polar surface area (TPSA) is 29.5 Å².